The van der Waals surface area contributed by atoms with Crippen molar-refractivity contribution in [1.82, 2.24) is 9.97 Å². The third-order valence-corrected chi connectivity index (χ3v) is 10.3. The maximum atomic E-state index is 13.5. The van der Waals surface area contributed by atoms with Crippen LogP contribution < -0.4 is 19.3 Å². The molecule has 0 radical (unpaired) electrons. The Morgan fingerprint density at radius 3 is 1.28 bits per heavy atom. The number of anilines is 4. The molecular formula is C48H34Cl2N4O6. The van der Waals surface area contributed by atoms with E-state index < -0.39 is 0 Å². The second-order valence-corrected chi connectivity index (χ2v) is 14.5. The van der Waals surface area contributed by atoms with Crippen molar-refractivity contribution in [2.75, 3.05) is 36.2 Å². The molecule has 2 amide bonds. The summed E-state index contributed by atoms with van der Waals surface area (Å²) in [6.45, 7) is 3.11. The normalized spacial score (nSPS) is 14.0. The molecule has 11 rings (SSSR count). The quantitative estimate of drug-likeness (QED) is 0.170. The average molecular weight is 834 g/mol. The minimum atomic E-state index is -0.176. The largest absolute Gasteiger partial charge is 0.454 e. The number of halogens is 2. The first kappa shape index (κ1) is 38.7. The first-order valence-electron chi connectivity index (χ1n) is 19.1. The summed E-state index contributed by atoms with van der Waals surface area (Å²) >= 11 is 12.4. The van der Waals surface area contributed by atoms with Crippen LogP contribution in [-0.2, 0) is 9.47 Å². The maximum Gasteiger partial charge on any atom is 0.266 e. The lowest BCUT2D eigenvalue weighted by Gasteiger charge is -2.23. The Balaban J connectivity index is 0.000000135. The van der Waals surface area contributed by atoms with Gasteiger partial charge in [-0.1, -0.05) is 83.9 Å². The van der Waals surface area contributed by atoms with Gasteiger partial charge in [-0.05, 0) is 72.8 Å². The summed E-state index contributed by atoms with van der Waals surface area (Å²) in [6, 6.07) is 44.2. The number of hydrogen-bond acceptors (Lipinski definition) is 8. The molecule has 2 aromatic heterocycles. The van der Waals surface area contributed by atoms with Gasteiger partial charge < -0.3 is 18.9 Å². The van der Waals surface area contributed by atoms with E-state index in [1.54, 1.807) is 82.9 Å². The molecule has 12 heteroatoms. The van der Waals surface area contributed by atoms with Gasteiger partial charge in [-0.3, -0.25) is 29.4 Å². The lowest BCUT2D eigenvalue weighted by atomic mass is 10.1. The number of benzene rings is 6. The molecule has 0 N–H and O–H groups in total. The summed E-state index contributed by atoms with van der Waals surface area (Å²) in [5, 5.41) is 2.99. The number of ether oxygens (including phenoxy) is 4. The topological polar surface area (TPSA) is 103 Å². The van der Waals surface area contributed by atoms with E-state index >= 15 is 0 Å². The van der Waals surface area contributed by atoms with Crippen LogP contribution in [0.1, 0.15) is 20.7 Å². The van der Waals surface area contributed by atoms with Crippen molar-refractivity contribution in [2.24, 2.45) is 0 Å². The van der Waals surface area contributed by atoms with E-state index in [1.807, 2.05) is 84.9 Å². The van der Waals surface area contributed by atoms with Crippen LogP contribution in [0.15, 0.2) is 158 Å². The molecular weight excluding hydrogens is 799 g/mol. The van der Waals surface area contributed by atoms with Crippen LogP contribution in [0.2, 0.25) is 10.0 Å². The molecule has 296 valence electrons. The zero-order valence-electron chi connectivity index (χ0n) is 31.8. The van der Waals surface area contributed by atoms with Crippen molar-refractivity contribution >= 4 is 79.6 Å². The van der Waals surface area contributed by atoms with Crippen LogP contribution in [0.25, 0.3) is 21.8 Å². The molecule has 0 saturated carbocycles. The fourth-order valence-corrected chi connectivity index (χ4v) is 7.45. The Bertz CT molecular complexity index is 2690. The van der Waals surface area contributed by atoms with Crippen molar-refractivity contribution in [3.8, 4) is 23.0 Å². The highest BCUT2D eigenvalue weighted by Crippen LogP contribution is 2.46. The average Bonchev–Trinajstić information content (AvgIpc) is 3.49. The van der Waals surface area contributed by atoms with Crippen molar-refractivity contribution in [3.63, 3.8) is 0 Å². The standard InChI is InChI=1S/2C22H13ClN2O2.C4H8O2/c2*23-15-10-11-17-20(13-15)27-19-9-2-1-7-16(19)22(26)25(17)18-8-3-5-14-6-4-12-24-21(14)18;1-2-6-4-3-5-1/h2*1-13H;1-4H2. The number of hydrogen-bond donors (Lipinski definition) is 0. The number of pyridine rings is 2. The van der Waals surface area contributed by atoms with Gasteiger partial charge in [0.1, 0.15) is 11.5 Å². The fraction of sp³-hybridized carbons (Fsp3) is 0.0833. The number of rotatable bonds is 2. The van der Waals surface area contributed by atoms with Crippen LogP contribution in [0.4, 0.5) is 22.7 Å². The highest BCUT2D eigenvalue weighted by atomic mass is 35.5. The van der Waals surface area contributed by atoms with Gasteiger partial charge in [0, 0.05) is 45.3 Å². The smallest absolute Gasteiger partial charge is 0.266 e. The Morgan fingerprint density at radius 1 is 0.433 bits per heavy atom. The maximum absolute atomic E-state index is 13.5. The van der Waals surface area contributed by atoms with Crippen LogP contribution in [-0.4, -0.2) is 48.2 Å². The third-order valence-electron chi connectivity index (χ3n) is 9.86. The lowest BCUT2D eigenvalue weighted by molar-refractivity contribution is -0.0334. The summed E-state index contributed by atoms with van der Waals surface area (Å²) in [7, 11) is 0. The van der Waals surface area contributed by atoms with E-state index in [2.05, 4.69) is 9.97 Å². The molecule has 10 nitrogen and oxygen atoms in total. The van der Waals surface area contributed by atoms with Crippen LogP contribution >= 0.6 is 23.2 Å². The Labute approximate surface area is 355 Å². The Morgan fingerprint density at radius 2 is 0.850 bits per heavy atom. The molecule has 0 spiro atoms. The number of nitrogens with zero attached hydrogens (tertiary/aromatic N) is 4. The Kier molecular flexibility index (Phi) is 11.1. The zero-order chi connectivity index (χ0) is 41.0. The van der Waals surface area contributed by atoms with Crippen LogP contribution in [0.3, 0.4) is 0 Å². The van der Waals surface area contributed by atoms with E-state index in [0.717, 1.165) is 48.2 Å². The molecule has 1 fully saturated rings. The molecule has 8 aromatic rings. The summed E-state index contributed by atoms with van der Waals surface area (Å²) in [4.78, 5) is 39.3. The number of carbonyl (C=O) groups excluding carboxylic acids is 2. The molecule has 6 aromatic carbocycles. The first-order chi connectivity index (χ1) is 29.4. The van der Waals surface area contributed by atoms with Gasteiger partial charge in [-0.15, -0.1) is 0 Å². The second kappa shape index (κ2) is 17.2. The van der Waals surface area contributed by atoms with Gasteiger partial charge >= 0.3 is 0 Å². The molecule has 0 aliphatic carbocycles. The number of aromatic nitrogens is 2. The van der Waals surface area contributed by atoms with Gasteiger partial charge in [-0.25, -0.2) is 0 Å². The van der Waals surface area contributed by atoms with Gasteiger partial charge in [0.15, 0.2) is 11.5 Å². The number of fused-ring (bicyclic) bond motifs is 6. The van der Waals surface area contributed by atoms with Crippen molar-refractivity contribution < 1.29 is 28.5 Å². The minimum Gasteiger partial charge on any atom is -0.454 e. The fourth-order valence-electron chi connectivity index (χ4n) is 7.13. The highest BCUT2D eigenvalue weighted by Gasteiger charge is 2.32. The zero-order valence-corrected chi connectivity index (χ0v) is 33.3. The molecule has 0 unspecified atom stereocenters. The monoisotopic (exact) mass is 832 g/mol. The van der Waals surface area contributed by atoms with E-state index in [1.165, 1.54) is 0 Å². The van der Waals surface area contributed by atoms with E-state index in [4.69, 9.17) is 42.1 Å². The van der Waals surface area contributed by atoms with Gasteiger partial charge in [0.25, 0.3) is 11.8 Å². The predicted molar refractivity (Wildman–Crippen MR) is 234 cm³/mol. The molecule has 1 saturated heterocycles. The van der Waals surface area contributed by atoms with Crippen molar-refractivity contribution in [2.45, 2.75) is 0 Å². The molecule has 0 atom stereocenters. The lowest BCUT2D eigenvalue weighted by Crippen LogP contribution is -2.25. The summed E-state index contributed by atoms with van der Waals surface area (Å²) in [5.74, 6) is 1.69. The highest BCUT2D eigenvalue weighted by molar-refractivity contribution is 6.31. The second-order valence-electron chi connectivity index (χ2n) is 13.6. The molecule has 60 heavy (non-hydrogen) atoms. The Hall–Kier alpha value is -6.82. The molecule has 3 aliphatic rings. The van der Waals surface area contributed by atoms with E-state index in [9.17, 15) is 9.59 Å². The van der Waals surface area contributed by atoms with Crippen LogP contribution in [0, 0.1) is 0 Å². The molecule has 5 heterocycles. The molecule has 0 bridgehead atoms. The number of carbonyl (C=O) groups is 2. The van der Waals surface area contributed by atoms with E-state index in [-0.39, 0.29) is 11.8 Å². The number of amides is 2. The third kappa shape index (κ3) is 7.72. The van der Waals surface area contributed by atoms with Crippen molar-refractivity contribution in [1.29, 1.82) is 0 Å². The molecule has 3 aliphatic heterocycles. The van der Waals surface area contributed by atoms with Crippen molar-refractivity contribution in [3.05, 3.63) is 179 Å². The SMILES string of the molecule is C1COCCO1.O=C1c2ccccc2Oc2cc(Cl)ccc2N1c1cccc2cccnc12.O=C1c2ccccc2Oc2cc(Cl)ccc2N1c1cccc2cccnc12. The van der Waals surface area contributed by atoms with Gasteiger partial charge in [0.05, 0.1) is 71.3 Å². The minimum absolute atomic E-state index is 0.176. The van der Waals surface area contributed by atoms with Crippen LogP contribution in [0.5, 0.6) is 23.0 Å². The van der Waals surface area contributed by atoms with Gasteiger partial charge in [-0.2, -0.15) is 0 Å². The number of para-hydroxylation sites is 4. The first-order valence-corrected chi connectivity index (χ1v) is 19.8. The summed E-state index contributed by atoms with van der Waals surface area (Å²) < 4.78 is 22.0. The summed E-state index contributed by atoms with van der Waals surface area (Å²) in [5.41, 5.74) is 5.10. The summed E-state index contributed by atoms with van der Waals surface area (Å²) in [6.07, 6.45) is 3.45. The van der Waals surface area contributed by atoms with Gasteiger partial charge in [0.2, 0.25) is 0 Å². The van der Waals surface area contributed by atoms with E-state index in [0.29, 0.717) is 66.9 Å². The predicted octanol–water partition coefficient (Wildman–Crippen LogP) is 12.0.